The standard InChI is InChI=1S/C7H12F2N2O4/c1-15-4(6(12)13)2-10-7(14)11-3-5(8)9/h4-5H,2-3H2,1H3,(H,12,13)(H2,10,11,14). The number of ether oxygens (including phenoxy) is 1. The number of urea groups is 1. The van der Waals surface area contributed by atoms with Crippen LogP contribution in [0, 0.1) is 0 Å². The molecule has 0 bridgehead atoms. The van der Waals surface area contributed by atoms with Gasteiger partial charge in [-0.3, -0.25) is 0 Å². The second-order valence-electron chi connectivity index (χ2n) is 2.54. The van der Waals surface area contributed by atoms with E-state index in [0.717, 1.165) is 7.11 Å². The number of rotatable bonds is 6. The van der Waals surface area contributed by atoms with Crippen LogP contribution in [0.3, 0.4) is 0 Å². The molecule has 0 aliphatic rings. The second-order valence-corrected chi connectivity index (χ2v) is 2.54. The minimum atomic E-state index is -2.64. The third kappa shape index (κ3) is 6.61. The first-order chi connectivity index (χ1) is 6.97. The number of hydrogen-bond donors (Lipinski definition) is 3. The number of hydrogen-bond acceptors (Lipinski definition) is 3. The summed E-state index contributed by atoms with van der Waals surface area (Å²) in [6, 6.07) is -0.862. The molecule has 3 N–H and O–H groups in total. The van der Waals surface area contributed by atoms with Crippen molar-refractivity contribution >= 4 is 12.0 Å². The smallest absolute Gasteiger partial charge is 0.334 e. The Kier molecular flexibility index (Phi) is 6.27. The van der Waals surface area contributed by atoms with Crippen LogP contribution in [-0.4, -0.2) is 49.8 Å². The summed E-state index contributed by atoms with van der Waals surface area (Å²) in [4.78, 5) is 21.2. The van der Waals surface area contributed by atoms with Crippen LogP contribution in [0.4, 0.5) is 13.6 Å². The first-order valence-corrected chi connectivity index (χ1v) is 4.02. The van der Waals surface area contributed by atoms with Gasteiger partial charge in [0.05, 0.1) is 13.1 Å². The van der Waals surface area contributed by atoms with E-state index in [1.807, 2.05) is 5.32 Å². The van der Waals surface area contributed by atoms with Gasteiger partial charge in [-0.1, -0.05) is 0 Å². The second kappa shape index (κ2) is 6.93. The summed E-state index contributed by atoms with van der Waals surface area (Å²) in [6.45, 7) is -1.07. The summed E-state index contributed by atoms with van der Waals surface area (Å²) < 4.78 is 27.8. The Morgan fingerprint density at radius 1 is 1.33 bits per heavy atom. The van der Waals surface area contributed by atoms with Crippen LogP contribution in [0.25, 0.3) is 0 Å². The van der Waals surface area contributed by atoms with Gasteiger partial charge in [-0.05, 0) is 0 Å². The van der Waals surface area contributed by atoms with E-state index in [1.54, 1.807) is 0 Å². The number of methoxy groups -OCH3 is 1. The predicted octanol–water partition coefficient (Wildman–Crippen LogP) is -0.350. The van der Waals surface area contributed by atoms with Crippen molar-refractivity contribution in [2.45, 2.75) is 12.5 Å². The fourth-order valence-corrected chi connectivity index (χ4v) is 0.689. The van der Waals surface area contributed by atoms with Crippen LogP contribution < -0.4 is 10.6 Å². The zero-order chi connectivity index (χ0) is 11.8. The van der Waals surface area contributed by atoms with E-state index in [0.29, 0.717) is 0 Å². The number of halogens is 2. The topological polar surface area (TPSA) is 87.7 Å². The van der Waals surface area contributed by atoms with E-state index >= 15 is 0 Å². The molecule has 0 spiro atoms. The van der Waals surface area contributed by atoms with Gasteiger partial charge in [0, 0.05) is 7.11 Å². The van der Waals surface area contributed by atoms with Crippen molar-refractivity contribution in [1.29, 1.82) is 0 Å². The van der Waals surface area contributed by atoms with Gasteiger partial charge < -0.3 is 20.5 Å². The molecular weight excluding hydrogens is 214 g/mol. The van der Waals surface area contributed by atoms with E-state index in [-0.39, 0.29) is 6.54 Å². The first kappa shape index (κ1) is 13.6. The maximum atomic E-state index is 11.6. The SMILES string of the molecule is COC(CNC(=O)NCC(F)F)C(=O)O. The van der Waals surface area contributed by atoms with Crippen molar-refractivity contribution in [3.8, 4) is 0 Å². The number of carboxylic acids is 1. The Morgan fingerprint density at radius 3 is 2.27 bits per heavy atom. The molecule has 2 amide bonds. The number of alkyl halides is 2. The van der Waals surface area contributed by atoms with Crippen LogP contribution in [0.1, 0.15) is 0 Å². The van der Waals surface area contributed by atoms with Crippen LogP contribution in [0.5, 0.6) is 0 Å². The number of amides is 2. The van der Waals surface area contributed by atoms with Gasteiger partial charge in [-0.2, -0.15) is 0 Å². The van der Waals surface area contributed by atoms with E-state index < -0.39 is 31.1 Å². The average molecular weight is 226 g/mol. The van der Waals surface area contributed by atoms with Crippen molar-refractivity contribution in [3.63, 3.8) is 0 Å². The molecule has 0 aliphatic heterocycles. The molecule has 1 atom stereocenters. The number of carboxylic acid groups (broad SMARTS) is 1. The Morgan fingerprint density at radius 2 is 1.87 bits per heavy atom. The van der Waals surface area contributed by atoms with Gasteiger partial charge in [-0.25, -0.2) is 18.4 Å². The summed E-state index contributed by atoms with van der Waals surface area (Å²) in [5.41, 5.74) is 0. The zero-order valence-electron chi connectivity index (χ0n) is 8.00. The van der Waals surface area contributed by atoms with Crippen LogP contribution in [0.15, 0.2) is 0 Å². The van der Waals surface area contributed by atoms with Gasteiger partial charge in [0.2, 0.25) is 0 Å². The molecule has 15 heavy (non-hydrogen) atoms. The minimum Gasteiger partial charge on any atom is -0.479 e. The van der Waals surface area contributed by atoms with E-state index in [1.165, 1.54) is 0 Å². The normalized spacial score (nSPS) is 12.3. The lowest BCUT2D eigenvalue weighted by molar-refractivity contribution is -0.147. The highest BCUT2D eigenvalue weighted by Crippen LogP contribution is 1.89. The monoisotopic (exact) mass is 226 g/mol. The molecule has 8 heteroatoms. The zero-order valence-corrected chi connectivity index (χ0v) is 8.00. The Balaban J connectivity index is 3.74. The molecule has 0 saturated heterocycles. The van der Waals surface area contributed by atoms with Gasteiger partial charge >= 0.3 is 12.0 Å². The molecule has 88 valence electrons. The summed E-state index contributed by atoms with van der Waals surface area (Å²) >= 11 is 0. The summed E-state index contributed by atoms with van der Waals surface area (Å²) in [6.07, 6.45) is -3.84. The predicted molar refractivity (Wildman–Crippen MR) is 45.8 cm³/mol. The molecule has 0 aromatic carbocycles. The Labute approximate surface area is 84.6 Å². The molecule has 0 radical (unpaired) electrons. The molecule has 0 rings (SSSR count). The van der Waals surface area contributed by atoms with Crippen molar-refractivity contribution in [3.05, 3.63) is 0 Å². The highest BCUT2D eigenvalue weighted by Gasteiger charge is 2.17. The third-order valence-electron chi connectivity index (χ3n) is 1.42. The highest BCUT2D eigenvalue weighted by molar-refractivity contribution is 5.76. The lowest BCUT2D eigenvalue weighted by Crippen LogP contribution is -2.43. The minimum absolute atomic E-state index is 0.291. The molecule has 0 aliphatic carbocycles. The van der Waals surface area contributed by atoms with E-state index in [4.69, 9.17) is 5.11 Å². The lowest BCUT2D eigenvalue weighted by Gasteiger charge is -2.11. The largest absolute Gasteiger partial charge is 0.479 e. The Bertz CT molecular complexity index is 225. The van der Waals surface area contributed by atoms with Crippen molar-refractivity contribution in [1.82, 2.24) is 10.6 Å². The first-order valence-electron chi connectivity index (χ1n) is 4.02. The number of carbonyl (C=O) groups excluding carboxylic acids is 1. The molecule has 0 fully saturated rings. The van der Waals surface area contributed by atoms with E-state index in [9.17, 15) is 18.4 Å². The molecule has 0 heterocycles. The number of nitrogens with one attached hydrogen (secondary N) is 2. The molecule has 1 unspecified atom stereocenters. The van der Waals surface area contributed by atoms with Gasteiger partial charge in [-0.15, -0.1) is 0 Å². The molecule has 0 aromatic rings. The highest BCUT2D eigenvalue weighted by atomic mass is 19.3. The maximum Gasteiger partial charge on any atom is 0.334 e. The van der Waals surface area contributed by atoms with Crippen molar-refractivity contribution < 1.29 is 28.2 Å². The summed E-state index contributed by atoms with van der Waals surface area (Å²) in [7, 11) is 1.16. The number of aliphatic carboxylic acids is 1. The quantitative estimate of drug-likeness (QED) is 0.577. The fraction of sp³-hybridized carbons (Fsp3) is 0.714. The van der Waals surface area contributed by atoms with Crippen molar-refractivity contribution in [2.75, 3.05) is 20.2 Å². The van der Waals surface area contributed by atoms with Crippen molar-refractivity contribution in [2.24, 2.45) is 0 Å². The lowest BCUT2D eigenvalue weighted by atomic mass is 10.3. The summed E-state index contributed by atoms with van der Waals surface area (Å²) in [5, 5.41) is 12.4. The maximum absolute atomic E-state index is 11.6. The van der Waals surface area contributed by atoms with Crippen LogP contribution in [-0.2, 0) is 9.53 Å². The van der Waals surface area contributed by atoms with E-state index in [2.05, 4.69) is 10.1 Å². The van der Waals surface area contributed by atoms with Crippen LogP contribution >= 0.6 is 0 Å². The Hall–Kier alpha value is -1.44. The third-order valence-corrected chi connectivity index (χ3v) is 1.42. The van der Waals surface area contributed by atoms with Crippen LogP contribution in [0.2, 0.25) is 0 Å². The fourth-order valence-electron chi connectivity index (χ4n) is 0.689. The molecular formula is C7H12F2N2O4. The summed E-state index contributed by atoms with van der Waals surface area (Å²) in [5.74, 6) is -1.24. The molecule has 0 aromatic heterocycles. The van der Waals surface area contributed by atoms with Gasteiger partial charge in [0.15, 0.2) is 6.10 Å². The van der Waals surface area contributed by atoms with Gasteiger partial charge in [0.25, 0.3) is 6.43 Å². The van der Waals surface area contributed by atoms with Gasteiger partial charge in [0.1, 0.15) is 0 Å². The average Bonchev–Trinajstić information content (AvgIpc) is 2.15. The molecule has 6 nitrogen and oxygen atoms in total. The molecule has 0 saturated carbocycles. The number of carbonyl (C=O) groups is 2.